The Hall–Kier alpha value is -1.09. The molecule has 0 aromatic carbocycles. The fourth-order valence-corrected chi connectivity index (χ4v) is 2.09. The molecule has 0 aliphatic rings. The Morgan fingerprint density at radius 1 is 1.05 bits per heavy atom. The van der Waals surface area contributed by atoms with Gasteiger partial charge in [-0.05, 0) is 49.3 Å². The second-order valence-electron chi connectivity index (χ2n) is 6.42. The van der Waals surface area contributed by atoms with Gasteiger partial charge in [0.1, 0.15) is 5.82 Å². The molecule has 0 unspecified atom stereocenters. The largest absolute Gasteiger partial charge is 0.357 e. The summed E-state index contributed by atoms with van der Waals surface area (Å²) in [6.45, 7) is 12.0. The first-order valence-corrected chi connectivity index (χ1v) is 7.92. The molecular weight excluding hydrogens is 246 g/mol. The predicted molar refractivity (Wildman–Crippen MR) is 88.1 cm³/mol. The van der Waals surface area contributed by atoms with Gasteiger partial charge in [-0.3, -0.25) is 0 Å². The van der Waals surface area contributed by atoms with Crippen LogP contribution in [-0.2, 0) is 6.42 Å². The highest BCUT2D eigenvalue weighted by atomic mass is 15.2. The van der Waals surface area contributed by atoms with E-state index in [1.807, 2.05) is 6.20 Å². The van der Waals surface area contributed by atoms with Crippen LogP contribution in [0, 0.1) is 11.8 Å². The van der Waals surface area contributed by atoms with Crippen LogP contribution >= 0.6 is 0 Å². The number of aromatic nitrogens is 1. The quantitative estimate of drug-likeness (QED) is 0.751. The summed E-state index contributed by atoms with van der Waals surface area (Å²) in [5.74, 6) is 2.56. The van der Waals surface area contributed by atoms with E-state index >= 15 is 0 Å². The van der Waals surface area contributed by atoms with Crippen molar-refractivity contribution in [2.45, 2.75) is 47.0 Å². The molecule has 20 heavy (non-hydrogen) atoms. The van der Waals surface area contributed by atoms with Crippen LogP contribution in [0.5, 0.6) is 0 Å². The highest BCUT2D eigenvalue weighted by Crippen LogP contribution is 2.16. The topological polar surface area (TPSA) is 42.1 Å². The van der Waals surface area contributed by atoms with Crippen LogP contribution in [-0.4, -0.2) is 24.6 Å². The van der Waals surface area contributed by atoms with Gasteiger partial charge >= 0.3 is 0 Å². The maximum atomic E-state index is 5.58. The lowest BCUT2D eigenvalue weighted by Crippen LogP contribution is -2.28. The maximum absolute atomic E-state index is 5.58. The molecule has 0 radical (unpaired) electrons. The van der Waals surface area contributed by atoms with Crippen molar-refractivity contribution in [2.24, 2.45) is 17.6 Å². The average molecular weight is 277 g/mol. The second-order valence-corrected chi connectivity index (χ2v) is 6.42. The average Bonchev–Trinajstić information content (AvgIpc) is 2.40. The van der Waals surface area contributed by atoms with Crippen LogP contribution in [0.25, 0.3) is 0 Å². The Labute approximate surface area is 124 Å². The second kappa shape index (κ2) is 8.96. The van der Waals surface area contributed by atoms with Gasteiger partial charge in [-0.15, -0.1) is 0 Å². The molecule has 0 spiro atoms. The first kappa shape index (κ1) is 17.0. The fourth-order valence-electron chi connectivity index (χ4n) is 2.09. The van der Waals surface area contributed by atoms with Gasteiger partial charge in [0.05, 0.1) is 0 Å². The molecule has 0 saturated carbocycles. The van der Waals surface area contributed by atoms with E-state index in [0.29, 0.717) is 6.54 Å². The zero-order valence-corrected chi connectivity index (χ0v) is 13.6. The molecule has 0 fully saturated rings. The first-order valence-electron chi connectivity index (χ1n) is 7.92. The zero-order valence-electron chi connectivity index (χ0n) is 13.6. The Balaban J connectivity index is 2.69. The van der Waals surface area contributed by atoms with Gasteiger partial charge in [-0.2, -0.15) is 0 Å². The van der Waals surface area contributed by atoms with Crippen LogP contribution in [0.4, 0.5) is 5.82 Å². The molecule has 1 aromatic heterocycles. The summed E-state index contributed by atoms with van der Waals surface area (Å²) in [7, 11) is 0. The van der Waals surface area contributed by atoms with Crippen LogP contribution in [0.15, 0.2) is 18.3 Å². The molecule has 0 bridgehead atoms. The van der Waals surface area contributed by atoms with Crippen molar-refractivity contribution < 1.29 is 0 Å². The van der Waals surface area contributed by atoms with Gasteiger partial charge in [-0.25, -0.2) is 4.98 Å². The van der Waals surface area contributed by atoms with E-state index < -0.39 is 0 Å². The van der Waals surface area contributed by atoms with Crippen molar-refractivity contribution in [3.8, 4) is 0 Å². The summed E-state index contributed by atoms with van der Waals surface area (Å²) >= 11 is 0. The van der Waals surface area contributed by atoms with Gasteiger partial charge in [0.2, 0.25) is 0 Å². The van der Waals surface area contributed by atoms with E-state index in [0.717, 1.165) is 37.2 Å². The third kappa shape index (κ3) is 6.38. The Morgan fingerprint density at radius 2 is 1.65 bits per heavy atom. The van der Waals surface area contributed by atoms with E-state index in [9.17, 15) is 0 Å². The highest BCUT2D eigenvalue weighted by Gasteiger charge is 2.09. The van der Waals surface area contributed by atoms with Crippen molar-refractivity contribution in [3.63, 3.8) is 0 Å². The van der Waals surface area contributed by atoms with Crippen LogP contribution in [0.1, 0.15) is 46.1 Å². The third-order valence-corrected chi connectivity index (χ3v) is 3.52. The molecule has 1 rings (SSSR count). The number of pyridine rings is 1. The lowest BCUT2D eigenvalue weighted by atomic mass is 10.1. The molecule has 0 aliphatic carbocycles. The smallest absolute Gasteiger partial charge is 0.128 e. The predicted octanol–water partition coefficient (Wildman–Crippen LogP) is 3.48. The van der Waals surface area contributed by atoms with Crippen molar-refractivity contribution in [1.82, 2.24) is 4.98 Å². The molecule has 114 valence electrons. The standard InChI is InChI=1S/C17H31N3/c1-14(2)8-11-20(12-9-15(3)4)17-6-5-16(7-10-18)13-19-17/h5-6,13-15H,7-12,18H2,1-4H3. The van der Waals surface area contributed by atoms with Gasteiger partial charge in [0.25, 0.3) is 0 Å². The molecule has 0 amide bonds. The number of hydrogen-bond donors (Lipinski definition) is 1. The molecule has 3 nitrogen and oxygen atoms in total. The molecule has 1 heterocycles. The van der Waals surface area contributed by atoms with E-state index in [1.54, 1.807) is 0 Å². The van der Waals surface area contributed by atoms with Gasteiger partial charge in [-0.1, -0.05) is 33.8 Å². The minimum atomic E-state index is 0.686. The van der Waals surface area contributed by atoms with E-state index in [2.05, 4.69) is 49.7 Å². The summed E-state index contributed by atoms with van der Waals surface area (Å²) in [6, 6.07) is 4.30. The Bertz CT molecular complexity index is 345. The molecule has 0 aliphatic heterocycles. The molecule has 0 saturated heterocycles. The summed E-state index contributed by atoms with van der Waals surface area (Å²) in [4.78, 5) is 7.05. The number of hydrogen-bond acceptors (Lipinski definition) is 3. The number of rotatable bonds is 9. The minimum Gasteiger partial charge on any atom is -0.357 e. The Morgan fingerprint density at radius 3 is 2.05 bits per heavy atom. The summed E-state index contributed by atoms with van der Waals surface area (Å²) < 4.78 is 0. The van der Waals surface area contributed by atoms with Crippen LogP contribution in [0.3, 0.4) is 0 Å². The van der Waals surface area contributed by atoms with Gasteiger partial charge in [0, 0.05) is 19.3 Å². The van der Waals surface area contributed by atoms with Gasteiger partial charge in [0.15, 0.2) is 0 Å². The van der Waals surface area contributed by atoms with E-state index in [-0.39, 0.29) is 0 Å². The SMILES string of the molecule is CC(C)CCN(CCC(C)C)c1ccc(CCN)cn1. The number of nitrogens with zero attached hydrogens (tertiary/aromatic N) is 2. The minimum absolute atomic E-state index is 0.686. The molecule has 2 N–H and O–H groups in total. The van der Waals surface area contributed by atoms with E-state index in [4.69, 9.17) is 5.73 Å². The third-order valence-electron chi connectivity index (χ3n) is 3.52. The van der Waals surface area contributed by atoms with Crippen molar-refractivity contribution >= 4 is 5.82 Å². The normalized spacial score (nSPS) is 11.3. The molecule has 1 aromatic rings. The van der Waals surface area contributed by atoms with E-state index in [1.165, 1.54) is 18.4 Å². The van der Waals surface area contributed by atoms with Crippen molar-refractivity contribution in [3.05, 3.63) is 23.9 Å². The zero-order chi connectivity index (χ0) is 15.0. The van der Waals surface area contributed by atoms with Gasteiger partial charge < -0.3 is 10.6 Å². The summed E-state index contributed by atoms with van der Waals surface area (Å²) in [5, 5.41) is 0. The summed E-state index contributed by atoms with van der Waals surface area (Å²) in [6.07, 6.45) is 5.31. The number of nitrogens with two attached hydrogens (primary N) is 1. The molecular formula is C17H31N3. The summed E-state index contributed by atoms with van der Waals surface area (Å²) in [5.41, 5.74) is 6.81. The van der Waals surface area contributed by atoms with Crippen LogP contribution < -0.4 is 10.6 Å². The van der Waals surface area contributed by atoms with Crippen molar-refractivity contribution in [1.29, 1.82) is 0 Å². The number of anilines is 1. The fraction of sp³-hybridized carbons (Fsp3) is 0.706. The van der Waals surface area contributed by atoms with Crippen molar-refractivity contribution in [2.75, 3.05) is 24.5 Å². The molecule has 0 atom stereocenters. The lowest BCUT2D eigenvalue weighted by molar-refractivity contribution is 0.533. The Kier molecular flexibility index (Phi) is 7.60. The highest BCUT2D eigenvalue weighted by molar-refractivity contribution is 5.39. The lowest BCUT2D eigenvalue weighted by Gasteiger charge is -2.25. The maximum Gasteiger partial charge on any atom is 0.128 e. The van der Waals surface area contributed by atoms with Crippen LogP contribution in [0.2, 0.25) is 0 Å². The first-order chi connectivity index (χ1) is 9.52. The monoisotopic (exact) mass is 277 g/mol. The molecule has 3 heteroatoms.